The summed E-state index contributed by atoms with van der Waals surface area (Å²) in [5.74, 6) is -2.43. The van der Waals surface area contributed by atoms with E-state index in [0.717, 1.165) is 7.11 Å². The smallest absolute Gasteiger partial charge is 0.417 e. The molecule has 0 aliphatic carbocycles. The van der Waals surface area contributed by atoms with Gasteiger partial charge < -0.3 is 10.5 Å². The molecule has 88 valence electrons. The van der Waals surface area contributed by atoms with Crippen molar-refractivity contribution in [2.75, 3.05) is 12.8 Å². The van der Waals surface area contributed by atoms with Gasteiger partial charge in [0.25, 0.3) is 0 Å². The van der Waals surface area contributed by atoms with Crippen molar-refractivity contribution in [1.29, 1.82) is 0 Å². The Morgan fingerprint density at radius 1 is 1.38 bits per heavy atom. The summed E-state index contributed by atoms with van der Waals surface area (Å²) < 4.78 is 54.4. The normalized spacial score (nSPS) is 11.3. The van der Waals surface area contributed by atoms with Crippen molar-refractivity contribution >= 4 is 11.7 Å². The predicted octanol–water partition coefficient (Wildman–Crippen LogP) is 2.21. The topological polar surface area (TPSA) is 52.3 Å². The highest BCUT2D eigenvalue weighted by molar-refractivity contribution is 5.96. The van der Waals surface area contributed by atoms with Crippen molar-refractivity contribution in [2.24, 2.45) is 0 Å². The van der Waals surface area contributed by atoms with Crippen molar-refractivity contribution in [2.45, 2.75) is 6.18 Å². The SMILES string of the molecule is COC(=O)c1c(N)cc(F)cc1C(F)(F)F. The first-order chi connectivity index (χ1) is 7.27. The Bertz CT molecular complexity index is 428. The van der Waals surface area contributed by atoms with E-state index in [9.17, 15) is 22.4 Å². The van der Waals surface area contributed by atoms with Crippen LogP contribution < -0.4 is 5.73 Å². The number of hydrogen-bond acceptors (Lipinski definition) is 3. The number of carbonyl (C=O) groups excluding carboxylic acids is 1. The van der Waals surface area contributed by atoms with Crippen LogP contribution >= 0.6 is 0 Å². The van der Waals surface area contributed by atoms with Gasteiger partial charge in [-0.1, -0.05) is 0 Å². The van der Waals surface area contributed by atoms with E-state index < -0.39 is 34.8 Å². The van der Waals surface area contributed by atoms with E-state index in [1.54, 1.807) is 0 Å². The Morgan fingerprint density at radius 2 is 1.94 bits per heavy atom. The molecular weight excluding hydrogens is 230 g/mol. The zero-order valence-electron chi connectivity index (χ0n) is 8.06. The average molecular weight is 237 g/mol. The minimum atomic E-state index is -4.88. The van der Waals surface area contributed by atoms with Gasteiger partial charge in [0.15, 0.2) is 0 Å². The lowest BCUT2D eigenvalue weighted by molar-refractivity contribution is -0.138. The summed E-state index contributed by atoms with van der Waals surface area (Å²) in [6.45, 7) is 0. The van der Waals surface area contributed by atoms with Crippen LogP contribution in [0.1, 0.15) is 15.9 Å². The van der Waals surface area contributed by atoms with Gasteiger partial charge in [0, 0.05) is 5.69 Å². The van der Waals surface area contributed by atoms with Gasteiger partial charge >= 0.3 is 12.1 Å². The molecule has 1 aromatic rings. The minimum Gasteiger partial charge on any atom is -0.465 e. The molecule has 0 aromatic heterocycles. The lowest BCUT2D eigenvalue weighted by Crippen LogP contribution is -2.17. The molecule has 0 spiro atoms. The number of anilines is 1. The standard InChI is InChI=1S/C9H7F4NO2/c1-16-8(15)7-5(9(11,12)13)2-4(10)3-6(7)14/h2-3H,14H2,1H3. The lowest BCUT2D eigenvalue weighted by Gasteiger charge is -2.13. The van der Waals surface area contributed by atoms with Gasteiger partial charge in [-0.15, -0.1) is 0 Å². The maximum Gasteiger partial charge on any atom is 0.417 e. The minimum absolute atomic E-state index is 0.197. The van der Waals surface area contributed by atoms with Gasteiger partial charge in [0.05, 0.1) is 18.2 Å². The summed E-state index contributed by atoms with van der Waals surface area (Å²) in [5, 5.41) is 0. The van der Waals surface area contributed by atoms with Gasteiger partial charge in [0.1, 0.15) is 5.82 Å². The van der Waals surface area contributed by atoms with Gasteiger partial charge in [0.2, 0.25) is 0 Å². The van der Waals surface area contributed by atoms with Crippen LogP contribution in [0.5, 0.6) is 0 Å². The number of nitrogens with two attached hydrogens (primary N) is 1. The Labute approximate surface area is 87.8 Å². The van der Waals surface area contributed by atoms with Gasteiger partial charge in [-0.3, -0.25) is 0 Å². The predicted molar refractivity (Wildman–Crippen MR) is 47.2 cm³/mol. The Morgan fingerprint density at radius 3 is 2.38 bits per heavy atom. The lowest BCUT2D eigenvalue weighted by atomic mass is 10.0. The number of ether oxygens (including phenoxy) is 1. The molecule has 0 heterocycles. The molecule has 0 amide bonds. The van der Waals surface area contributed by atoms with Crippen LogP contribution in [0.15, 0.2) is 12.1 Å². The third-order valence-corrected chi connectivity index (χ3v) is 1.83. The molecule has 0 bridgehead atoms. The highest BCUT2D eigenvalue weighted by atomic mass is 19.4. The third-order valence-electron chi connectivity index (χ3n) is 1.83. The number of halogens is 4. The molecule has 0 saturated heterocycles. The summed E-state index contributed by atoms with van der Waals surface area (Å²) in [7, 11) is 0.908. The van der Waals surface area contributed by atoms with Crippen molar-refractivity contribution in [3.8, 4) is 0 Å². The van der Waals surface area contributed by atoms with Crippen molar-refractivity contribution < 1.29 is 27.1 Å². The molecule has 1 rings (SSSR count). The average Bonchev–Trinajstić information content (AvgIpc) is 2.14. The quantitative estimate of drug-likeness (QED) is 0.463. The fourth-order valence-corrected chi connectivity index (χ4v) is 1.18. The fraction of sp³-hybridized carbons (Fsp3) is 0.222. The monoisotopic (exact) mass is 237 g/mol. The first-order valence-electron chi connectivity index (χ1n) is 4.02. The number of hydrogen-bond donors (Lipinski definition) is 1. The summed E-state index contributed by atoms with van der Waals surface area (Å²) in [6.07, 6.45) is -4.88. The Hall–Kier alpha value is -1.79. The first-order valence-corrected chi connectivity index (χ1v) is 4.02. The van der Waals surface area contributed by atoms with E-state index in [1.807, 2.05) is 0 Å². The van der Waals surface area contributed by atoms with E-state index in [0.29, 0.717) is 6.07 Å². The van der Waals surface area contributed by atoms with Crippen LogP contribution in [0.3, 0.4) is 0 Å². The van der Waals surface area contributed by atoms with Gasteiger partial charge in [-0.25, -0.2) is 9.18 Å². The second kappa shape index (κ2) is 3.99. The van der Waals surface area contributed by atoms with E-state index in [4.69, 9.17) is 5.73 Å². The molecule has 0 unspecified atom stereocenters. The highest BCUT2D eigenvalue weighted by Crippen LogP contribution is 2.35. The summed E-state index contributed by atoms with van der Waals surface area (Å²) in [5.41, 5.74) is 2.22. The molecule has 1 aromatic carbocycles. The van der Waals surface area contributed by atoms with E-state index >= 15 is 0 Å². The Balaban J connectivity index is 3.51. The number of rotatable bonds is 1. The van der Waals surface area contributed by atoms with Crippen LogP contribution in [-0.2, 0) is 10.9 Å². The number of nitrogen functional groups attached to an aromatic ring is 1. The maximum absolute atomic E-state index is 12.8. The van der Waals surface area contributed by atoms with E-state index in [-0.39, 0.29) is 6.07 Å². The second-order valence-electron chi connectivity index (χ2n) is 2.91. The third kappa shape index (κ3) is 2.23. The van der Waals surface area contributed by atoms with Crippen LogP contribution in [-0.4, -0.2) is 13.1 Å². The number of esters is 1. The van der Waals surface area contributed by atoms with Crippen LogP contribution in [0.4, 0.5) is 23.2 Å². The van der Waals surface area contributed by atoms with Crippen LogP contribution in [0.25, 0.3) is 0 Å². The van der Waals surface area contributed by atoms with Crippen LogP contribution in [0.2, 0.25) is 0 Å². The molecular formula is C9H7F4NO2. The zero-order valence-corrected chi connectivity index (χ0v) is 8.06. The van der Waals surface area contributed by atoms with Crippen molar-refractivity contribution in [1.82, 2.24) is 0 Å². The van der Waals surface area contributed by atoms with Crippen molar-refractivity contribution in [3.05, 3.63) is 29.1 Å². The number of carbonyl (C=O) groups is 1. The fourth-order valence-electron chi connectivity index (χ4n) is 1.18. The molecule has 0 fully saturated rings. The number of alkyl halides is 3. The summed E-state index contributed by atoms with van der Waals surface area (Å²) in [6, 6.07) is 0.824. The molecule has 0 saturated carbocycles. The van der Waals surface area contributed by atoms with Gasteiger partial charge in [-0.05, 0) is 12.1 Å². The number of benzene rings is 1. The summed E-state index contributed by atoms with van der Waals surface area (Å²) in [4.78, 5) is 11.1. The van der Waals surface area contributed by atoms with Gasteiger partial charge in [-0.2, -0.15) is 13.2 Å². The highest BCUT2D eigenvalue weighted by Gasteiger charge is 2.37. The van der Waals surface area contributed by atoms with E-state index in [2.05, 4.69) is 4.74 Å². The zero-order chi connectivity index (χ0) is 12.5. The van der Waals surface area contributed by atoms with Crippen molar-refractivity contribution in [3.63, 3.8) is 0 Å². The molecule has 7 heteroatoms. The van der Waals surface area contributed by atoms with Crippen LogP contribution in [0, 0.1) is 5.82 Å². The maximum atomic E-state index is 12.8. The molecule has 2 N–H and O–H groups in total. The van der Waals surface area contributed by atoms with E-state index in [1.165, 1.54) is 0 Å². The first kappa shape index (κ1) is 12.3. The molecule has 3 nitrogen and oxygen atoms in total. The summed E-state index contributed by atoms with van der Waals surface area (Å²) >= 11 is 0. The largest absolute Gasteiger partial charge is 0.465 e. The Kier molecular flexibility index (Phi) is 3.06. The molecule has 0 radical (unpaired) electrons. The molecule has 0 aliphatic heterocycles. The molecule has 0 atom stereocenters. The molecule has 16 heavy (non-hydrogen) atoms. The molecule has 0 aliphatic rings. The second-order valence-corrected chi connectivity index (χ2v) is 2.91. The number of methoxy groups -OCH3 is 1.